The lowest BCUT2D eigenvalue weighted by Crippen LogP contribution is -2.52. The number of rotatable bonds is 5. The van der Waals surface area contributed by atoms with E-state index in [0.717, 1.165) is 58.5 Å². The predicted molar refractivity (Wildman–Crippen MR) is 70.7 cm³/mol. The quantitative estimate of drug-likeness (QED) is 0.809. The van der Waals surface area contributed by atoms with Gasteiger partial charge in [0.25, 0.3) is 0 Å². The van der Waals surface area contributed by atoms with Crippen molar-refractivity contribution >= 4 is 0 Å². The van der Waals surface area contributed by atoms with Crippen LogP contribution in [-0.4, -0.2) is 60.7 Å². The highest BCUT2D eigenvalue weighted by molar-refractivity contribution is 4.86. The van der Waals surface area contributed by atoms with E-state index < -0.39 is 5.60 Å². The van der Waals surface area contributed by atoms with Gasteiger partial charge in [0, 0.05) is 26.2 Å². The van der Waals surface area contributed by atoms with Gasteiger partial charge in [0.05, 0.1) is 24.4 Å². The average molecular weight is 257 g/mol. The van der Waals surface area contributed by atoms with E-state index in [1.165, 1.54) is 0 Å². The summed E-state index contributed by atoms with van der Waals surface area (Å²) >= 11 is 0. The summed E-state index contributed by atoms with van der Waals surface area (Å²) in [5.74, 6) is 0. The largest absolute Gasteiger partial charge is 0.389 e. The molecule has 2 unspecified atom stereocenters. The summed E-state index contributed by atoms with van der Waals surface area (Å²) in [4.78, 5) is 2.34. The Kier molecular flexibility index (Phi) is 5.01. The first kappa shape index (κ1) is 14.3. The van der Waals surface area contributed by atoms with E-state index in [1.54, 1.807) is 0 Å². The van der Waals surface area contributed by atoms with Crippen LogP contribution in [0.3, 0.4) is 0 Å². The normalized spacial score (nSPS) is 30.8. The molecule has 0 bridgehead atoms. The lowest BCUT2D eigenvalue weighted by atomic mass is 9.96. The van der Waals surface area contributed by atoms with Gasteiger partial charge in [-0.3, -0.25) is 4.90 Å². The van der Waals surface area contributed by atoms with Crippen molar-refractivity contribution in [2.24, 2.45) is 0 Å². The minimum Gasteiger partial charge on any atom is -0.389 e. The summed E-state index contributed by atoms with van der Waals surface area (Å²) in [6, 6.07) is 0. The summed E-state index contributed by atoms with van der Waals surface area (Å²) in [5, 5.41) is 10.4. The van der Waals surface area contributed by atoms with Crippen LogP contribution in [0, 0.1) is 0 Å². The summed E-state index contributed by atoms with van der Waals surface area (Å²) < 4.78 is 11.5. The molecule has 0 amide bonds. The Hall–Kier alpha value is -0.160. The highest BCUT2D eigenvalue weighted by Gasteiger charge is 2.34. The molecule has 2 aliphatic rings. The van der Waals surface area contributed by atoms with E-state index in [0.29, 0.717) is 0 Å². The summed E-state index contributed by atoms with van der Waals surface area (Å²) in [7, 11) is 0. The molecule has 2 saturated heterocycles. The van der Waals surface area contributed by atoms with Crippen LogP contribution in [0.5, 0.6) is 0 Å². The molecular weight excluding hydrogens is 230 g/mol. The molecule has 4 heteroatoms. The summed E-state index contributed by atoms with van der Waals surface area (Å²) in [6.07, 6.45) is 4.35. The van der Waals surface area contributed by atoms with Crippen molar-refractivity contribution in [2.75, 3.05) is 32.8 Å². The van der Waals surface area contributed by atoms with Crippen LogP contribution in [0.1, 0.15) is 39.5 Å². The number of morpholine rings is 1. The average Bonchev–Trinajstić information content (AvgIpc) is 2.93. The Morgan fingerprint density at radius 3 is 2.50 bits per heavy atom. The minimum absolute atomic E-state index is 0.194. The van der Waals surface area contributed by atoms with Gasteiger partial charge < -0.3 is 14.6 Å². The number of hydrogen-bond acceptors (Lipinski definition) is 4. The number of β-amino-alcohol motifs (C(OH)–C–C–N with tert-alkyl or cyclic N) is 1. The highest BCUT2D eigenvalue weighted by Crippen LogP contribution is 2.23. The van der Waals surface area contributed by atoms with Crippen molar-refractivity contribution in [2.45, 2.75) is 57.3 Å². The molecule has 0 saturated carbocycles. The van der Waals surface area contributed by atoms with Gasteiger partial charge in [-0.2, -0.15) is 0 Å². The molecule has 0 aromatic heterocycles. The number of ether oxygens (including phenoxy) is 2. The van der Waals surface area contributed by atoms with E-state index in [2.05, 4.69) is 18.7 Å². The van der Waals surface area contributed by atoms with Crippen molar-refractivity contribution in [1.29, 1.82) is 0 Å². The molecule has 0 spiro atoms. The number of hydrogen-bond donors (Lipinski definition) is 1. The first-order chi connectivity index (χ1) is 8.67. The van der Waals surface area contributed by atoms with Crippen molar-refractivity contribution < 1.29 is 14.6 Å². The first-order valence-electron chi connectivity index (χ1n) is 7.35. The summed E-state index contributed by atoms with van der Waals surface area (Å²) in [5.41, 5.74) is -0.543. The van der Waals surface area contributed by atoms with Crippen LogP contribution in [0.25, 0.3) is 0 Å². The van der Waals surface area contributed by atoms with Crippen LogP contribution in [0.4, 0.5) is 0 Å². The third-order valence-electron chi connectivity index (χ3n) is 4.39. The minimum atomic E-state index is -0.543. The van der Waals surface area contributed by atoms with Gasteiger partial charge in [0.15, 0.2) is 0 Å². The lowest BCUT2D eigenvalue weighted by molar-refractivity contribution is -0.110. The second-order valence-corrected chi connectivity index (χ2v) is 5.63. The van der Waals surface area contributed by atoms with Crippen LogP contribution in [0.2, 0.25) is 0 Å². The molecule has 1 N–H and O–H groups in total. The molecule has 2 fully saturated rings. The van der Waals surface area contributed by atoms with Gasteiger partial charge in [0.2, 0.25) is 0 Å². The summed E-state index contributed by atoms with van der Waals surface area (Å²) in [6.45, 7) is 8.32. The molecule has 2 rings (SSSR count). The van der Waals surface area contributed by atoms with E-state index >= 15 is 0 Å². The molecule has 4 nitrogen and oxygen atoms in total. The number of nitrogens with zero attached hydrogens (tertiary/aromatic N) is 1. The van der Waals surface area contributed by atoms with Gasteiger partial charge in [-0.1, -0.05) is 13.8 Å². The third kappa shape index (κ3) is 3.44. The molecule has 2 atom stereocenters. The molecule has 2 heterocycles. The molecule has 0 radical (unpaired) electrons. The topological polar surface area (TPSA) is 41.9 Å². The Bertz CT molecular complexity index is 249. The highest BCUT2D eigenvalue weighted by atomic mass is 16.5. The van der Waals surface area contributed by atoms with Gasteiger partial charge in [-0.05, 0) is 25.7 Å². The van der Waals surface area contributed by atoms with Crippen molar-refractivity contribution in [1.82, 2.24) is 4.90 Å². The molecule has 0 aromatic rings. The molecule has 0 aromatic carbocycles. The Morgan fingerprint density at radius 2 is 1.89 bits per heavy atom. The Labute approximate surface area is 110 Å². The van der Waals surface area contributed by atoms with E-state index in [1.807, 2.05) is 0 Å². The molecule has 2 aliphatic heterocycles. The van der Waals surface area contributed by atoms with Gasteiger partial charge in [-0.15, -0.1) is 0 Å². The zero-order valence-corrected chi connectivity index (χ0v) is 11.7. The second-order valence-electron chi connectivity index (χ2n) is 5.63. The molecule has 0 aliphatic carbocycles. The standard InChI is InChI=1S/C14H27NO3/c1-3-14(16,4-2)11-15-7-9-18-13(10-15)12-6-5-8-17-12/h12-13,16H,3-11H2,1-2H3. The zero-order valence-electron chi connectivity index (χ0n) is 11.7. The Morgan fingerprint density at radius 1 is 1.17 bits per heavy atom. The van der Waals surface area contributed by atoms with Crippen molar-refractivity contribution in [3.05, 3.63) is 0 Å². The van der Waals surface area contributed by atoms with E-state index in [9.17, 15) is 5.11 Å². The predicted octanol–water partition coefficient (Wildman–Crippen LogP) is 1.42. The van der Waals surface area contributed by atoms with E-state index in [4.69, 9.17) is 9.47 Å². The Balaban J connectivity index is 1.86. The molecule has 106 valence electrons. The third-order valence-corrected chi connectivity index (χ3v) is 4.39. The van der Waals surface area contributed by atoms with Crippen LogP contribution in [0.15, 0.2) is 0 Å². The van der Waals surface area contributed by atoms with E-state index in [-0.39, 0.29) is 12.2 Å². The van der Waals surface area contributed by atoms with Gasteiger partial charge in [-0.25, -0.2) is 0 Å². The number of aliphatic hydroxyl groups is 1. The van der Waals surface area contributed by atoms with Crippen LogP contribution < -0.4 is 0 Å². The van der Waals surface area contributed by atoms with Crippen molar-refractivity contribution in [3.8, 4) is 0 Å². The SMILES string of the molecule is CCC(O)(CC)CN1CCOC(C2CCCO2)C1. The molecule has 18 heavy (non-hydrogen) atoms. The fourth-order valence-corrected chi connectivity index (χ4v) is 2.89. The van der Waals surface area contributed by atoms with Crippen LogP contribution in [-0.2, 0) is 9.47 Å². The second kappa shape index (κ2) is 6.33. The molecular formula is C14H27NO3. The first-order valence-corrected chi connectivity index (χ1v) is 7.35. The zero-order chi connectivity index (χ0) is 13.0. The maximum Gasteiger partial charge on any atom is 0.0963 e. The fourth-order valence-electron chi connectivity index (χ4n) is 2.89. The maximum atomic E-state index is 10.4. The maximum absolute atomic E-state index is 10.4. The lowest BCUT2D eigenvalue weighted by Gasteiger charge is -2.39. The fraction of sp³-hybridized carbons (Fsp3) is 1.00. The smallest absolute Gasteiger partial charge is 0.0963 e. The monoisotopic (exact) mass is 257 g/mol. The van der Waals surface area contributed by atoms with Crippen molar-refractivity contribution in [3.63, 3.8) is 0 Å². The van der Waals surface area contributed by atoms with Gasteiger partial charge >= 0.3 is 0 Å². The van der Waals surface area contributed by atoms with Gasteiger partial charge in [0.1, 0.15) is 0 Å². The van der Waals surface area contributed by atoms with Crippen LogP contribution >= 0.6 is 0 Å².